The number of anilines is 1. The quantitative estimate of drug-likeness (QED) is 0.791. The summed E-state index contributed by atoms with van der Waals surface area (Å²) in [7, 11) is 3.04. The summed E-state index contributed by atoms with van der Waals surface area (Å²) in [6, 6.07) is 12.0. The van der Waals surface area contributed by atoms with Crippen molar-refractivity contribution >= 4 is 23.4 Å². The van der Waals surface area contributed by atoms with Gasteiger partial charge in [-0.05, 0) is 11.6 Å². The topological polar surface area (TPSA) is 84.9 Å². The van der Waals surface area contributed by atoms with Crippen LogP contribution in [0.1, 0.15) is 22.3 Å². The van der Waals surface area contributed by atoms with Gasteiger partial charge in [-0.2, -0.15) is 0 Å². The van der Waals surface area contributed by atoms with E-state index in [1.165, 1.54) is 14.2 Å². The monoisotopic (exact) mass is 368 g/mol. The number of hydrogen-bond acceptors (Lipinski definition) is 5. The third-order valence-corrected chi connectivity index (χ3v) is 4.33. The van der Waals surface area contributed by atoms with Crippen LogP contribution >= 0.6 is 0 Å². The standard InChI is InChI=1S/C20H20N2O5/c1-26-15-10-14(11-16(12-15)27-2)21-18(23)7-8-22-19(24)9-13-5-3-4-6-17(13)20(22)25/h3-6,10-12H,7-9H2,1-2H3,(H,21,23). The van der Waals surface area contributed by atoms with Gasteiger partial charge in [0.15, 0.2) is 0 Å². The van der Waals surface area contributed by atoms with E-state index in [0.717, 1.165) is 10.5 Å². The van der Waals surface area contributed by atoms with Gasteiger partial charge in [0.2, 0.25) is 11.8 Å². The first kappa shape index (κ1) is 18.4. The Bertz CT molecular complexity index is 871. The second-order valence-corrected chi connectivity index (χ2v) is 6.08. The van der Waals surface area contributed by atoms with Crippen molar-refractivity contribution in [2.45, 2.75) is 12.8 Å². The lowest BCUT2D eigenvalue weighted by atomic mass is 9.98. The summed E-state index contributed by atoms with van der Waals surface area (Å²) in [5.41, 5.74) is 1.74. The number of carbonyl (C=O) groups is 3. The summed E-state index contributed by atoms with van der Waals surface area (Å²) >= 11 is 0. The number of hydrogen-bond donors (Lipinski definition) is 1. The third-order valence-electron chi connectivity index (χ3n) is 4.33. The van der Waals surface area contributed by atoms with Crippen molar-refractivity contribution in [3.63, 3.8) is 0 Å². The third kappa shape index (κ3) is 4.08. The molecule has 1 aliphatic heterocycles. The number of nitrogens with one attached hydrogen (secondary N) is 1. The Kier molecular flexibility index (Phi) is 5.40. The van der Waals surface area contributed by atoms with E-state index in [4.69, 9.17) is 9.47 Å². The molecule has 1 N–H and O–H groups in total. The van der Waals surface area contributed by atoms with Gasteiger partial charge in [0, 0.05) is 42.4 Å². The van der Waals surface area contributed by atoms with Crippen LogP contribution in [0.5, 0.6) is 11.5 Å². The van der Waals surface area contributed by atoms with E-state index in [9.17, 15) is 14.4 Å². The van der Waals surface area contributed by atoms with Crippen molar-refractivity contribution in [1.82, 2.24) is 4.90 Å². The van der Waals surface area contributed by atoms with E-state index in [1.54, 1.807) is 42.5 Å². The smallest absolute Gasteiger partial charge is 0.260 e. The first-order valence-electron chi connectivity index (χ1n) is 8.47. The molecular formula is C20H20N2O5. The minimum Gasteiger partial charge on any atom is -0.497 e. The lowest BCUT2D eigenvalue weighted by Gasteiger charge is -2.26. The first-order chi connectivity index (χ1) is 13.0. The van der Waals surface area contributed by atoms with Crippen molar-refractivity contribution in [2.75, 3.05) is 26.1 Å². The summed E-state index contributed by atoms with van der Waals surface area (Å²) in [6.45, 7) is 0.0267. The molecule has 0 aromatic heterocycles. The predicted molar refractivity (Wildman–Crippen MR) is 99.0 cm³/mol. The highest BCUT2D eigenvalue weighted by Crippen LogP contribution is 2.26. The van der Waals surface area contributed by atoms with Crippen LogP contribution in [0, 0.1) is 0 Å². The Labute approximate surface area is 156 Å². The van der Waals surface area contributed by atoms with Crippen LogP contribution in [0.15, 0.2) is 42.5 Å². The molecule has 2 aromatic carbocycles. The molecule has 1 heterocycles. The zero-order valence-corrected chi connectivity index (χ0v) is 15.2. The summed E-state index contributed by atoms with van der Waals surface area (Å²) in [5.74, 6) is 0.113. The number of imide groups is 1. The van der Waals surface area contributed by atoms with Crippen LogP contribution in [0.4, 0.5) is 5.69 Å². The molecule has 0 saturated carbocycles. The van der Waals surface area contributed by atoms with Crippen LogP contribution in [0.2, 0.25) is 0 Å². The van der Waals surface area contributed by atoms with Gasteiger partial charge in [-0.1, -0.05) is 18.2 Å². The lowest BCUT2D eigenvalue weighted by molar-refractivity contribution is -0.128. The number of amides is 3. The maximum Gasteiger partial charge on any atom is 0.260 e. The average Bonchev–Trinajstić information content (AvgIpc) is 2.67. The van der Waals surface area contributed by atoms with Crippen LogP contribution in [-0.2, 0) is 16.0 Å². The van der Waals surface area contributed by atoms with Gasteiger partial charge < -0.3 is 14.8 Å². The van der Waals surface area contributed by atoms with Crippen LogP contribution in [-0.4, -0.2) is 43.4 Å². The van der Waals surface area contributed by atoms with Gasteiger partial charge in [-0.3, -0.25) is 19.3 Å². The Morgan fingerprint density at radius 1 is 1.07 bits per heavy atom. The molecule has 27 heavy (non-hydrogen) atoms. The van der Waals surface area contributed by atoms with Crippen molar-refractivity contribution in [2.24, 2.45) is 0 Å². The van der Waals surface area contributed by atoms with Gasteiger partial charge in [-0.15, -0.1) is 0 Å². The molecule has 0 aliphatic carbocycles. The predicted octanol–water partition coefficient (Wildman–Crippen LogP) is 2.26. The van der Waals surface area contributed by atoms with Crippen LogP contribution in [0.3, 0.4) is 0 Å². The summed E-state index contributed by atoms with van der Waals surface area (Å²) in [4.78, 5) is 38.2. The van der Waals surface area contributed by atoms with E-state index in [-0.39, 0.29) is 37.1 Å². The maximum atomic E-state index is 12.5. The van der Waals surface area contributed by atoms with Gasteiger partial charge in [0.1, 0.15) is 11.5 Å². The molecule has 1 aliphatic rings. The molecule has 0 bridgehead atoms. The molecule has 0 atom stereocenters. The number of methoxy groups -OCH3 is 2. The molecule has 3 amide bonds. The summed E-state index contributed by atoms with van der Waals surface area (Å²) in [5, 5.41) is 2.73. The fourth-order valence-corrected chi connectivity index (χ4v) is 2.94. The van der Waals surface area contributed by atoms with Gasteiger partial charge in [-0.25, -0.2) is 0 Å². The molecule has 0 fully saturated rings. The molecule has 0 spiro atoms. The summed E-state index contributed by atoms with van der Waals surface area (Å²) < 4.78 is 10.3. The molecule has 140 valence electrons. The largest absolute Gasteiger partial charge is 0.497 e. The average molecular weight is 368 g/mol. The maximum absolute atomic E-state index is 12.5. The fraction of sp³-hybridized carbons (Fsp3) is 0.250. The normalized spacial score (nSPS) is 13.2. The number of rotatable bonds is 6. The number of ether oxygens (including phenoxy) is 2. The second kappa shape index (κ2) is 7.90. The zero-order valence-electron chi connectivity index (χ0n) is 15.2. The minimum absolute atomic E-state index is 0.000821. The first-order valence-corrected chi connectivity index (χ1v) is 8.47. The number of benzene rings is 2. The molecule has 7 nitrogen and oxygen atoms in total. The Hall–Kier alpha value is -3.35. The Morgan fingerprint density at radius 3 is 2.41 bits per heavy atom. The van der Waals surface area contributed by atoms with E-state index >= 15 is 0 Å². The van der Waals surface area contributed by atoms with Gasteiger partial charge in [0.25, 0.3) is 5.91 Å². The highest BCUT2D eigenvalue weighted by atomic mass is 16.5. The number of carbonyl (C=O) groups excluding carboxylic acids is 3. The highest BCUT2D eigenvalue weighted by Gasteiger charge is 2.30. The van der Waals surface area contributed by atoms with E-state index in [2.05, 4.69) is 5.32 Å². The van der Waals surface area contributed by atoms with Gasteiger partial charge >= 0.3 is 0 Å². The number of fused-ring (bicyclic) bond motifs is 1. The van der Waals surface area contributed by atoms with Crippen molar-refractivity contribution in [1.29, 1.82) is 0 Å². The Balaban J connectivity index is 1.64. The Morgan fingerprint density at radius 2 is 1.74 bits per heavy atom. The van der Waals surface area contributed by atoms with E-state index < -0.39 is 0 Å². The fourth-order valence-electron chi connectivity index (χ4n) is 2.94. The minimum atomic E-state index is -0.363. The highest BCUT2D eigenvalue weighted by molar-refractivity contribution is 6.10. The summed E-state index contributed by atoms with van der Waals surface area (Å²) in [6.07, 6.45) is 0.162. The SMILES string of the molecule is COc1cc(NC(=O)CCN2C(=O)Cc3ccccc3C2=O)cc(OC)c1. The second-order valence-electron chi connectivity index (χ2n) is 6.08. The molecular weight excluding hydrogens is 348 g/mol. The molecule has 7 heteroatoms. The number of nitrogens with zero attached hydrogens (tertiary/aromatic N) is 1. The molecule has 0 unspecified atom stereocenters. The molecule has 0 saturated heterocycles. The van der Waals surface area contributed by atoms with Crippen LogP contribution in [0.25, 0.3) is 0 Å². The lowest BCUT2D eigenvalue weighted by Crippen LogP contribution is -2.43. The molecule has 0 radical (unpaired) electrons. The van der Waals surface area contributed by atoms with Crippen LogP contribution < -0.4 is 14.8 Å². The van der Waals surface area contributed by atoms with Crippen molar-refractivity contribution < 1.29 is 23.9 Å². The zero-order chi connectivity index (χ0) is 19.4. The van der Waals surface area contributed by atoms with Crippen molar-refractivity contribution in [3.05, 3.63) is 53.6 Å². The van der Waals surface area contributed by atoms with Gasteiger partial charge in [0.05, 0.1) is 20.6 Å². The van der Waals surface area contributed by atoms with Crippen molar-refractivity contribution in [3.8, 4) is 11.5 Å². The van der Waals surface area contributed by atoms with E-state index in [1.807, 2.05) is 0 Å². The molecule has 3 rings (SSSR count). The molecule has 2 aromatic rings. The van der Waals surface area contributed by atoms with E-state index in [0.29, 0.717) is 22.7 Å².